The van der Waals surface area contributed by atoms with Gasteiger partial charge in [-0.3, -0.25) is 0 Å². The van der Waals surface area contributed by atoms with Crippen molar-refractivity contribution in [1.29, 1.82) is 0 Å². The van der Waals surface area contributed by atoms with E-state index in [1.165, 1.54) is 22.5 Å². The molecule has 2 aromatic rings. The number of halogens is 1. The molecule has 0 radical (unpaired) electrons. The Balaban J connectivity index is 1.67. The van der Waals surface area contributed by atoms with Gasteiger partial charge in [-0.25, -0.2) is 12.8 Å². The van der Waals surface area contributed by atoms with Crippen molar-refractivity contribution in [3.8, 4) is 11.5 Å². The summed E-state index contributed by atoms with van der Waals surface area (Å²) in [4.78, 5) is 0.116. The van der Waals surface area contributed by atoms with Gasteiger partial charge in [0, 0.05) is 13.1 Å². The van der Waals surface area contributed by atoms with Gasteiger partial charge >= 0.3 is 0 Å². The smallest absolute Gasteiger partial charge is 0.243 e. The van der Waals surface area contributed by atoms with Crippen LogP contribution in [0.1, 0.15) is 16.7 Å². The second-order valence-electron chi connectivity index (χ2n) is 5.97. The van der Waals surface area contributed by atoms with E-state index in [2.05, 4.69) is 0 Å². The molecule has 0 N–H and O–H groups in total. The molecule has 0 fully saturated rings. The van der Waals surface area contributed by atoms with Gasteiger partial charge in [0.1, 0.15) is 5.82 Å². The van der Waals surface area contributed by atoms with E-state index in [0.29, 0.717) is 30.0 Å². The minimum Gasteiger partial charge on any atom is -0.454 e. The lowest BCUT2D eigenvalue weighted by atomic mass is 10.0. The number of benzene rings is 2. The fourth-order valence-corrected chi connectivity index (χ4v) is 4.56. The lowest BCUT2D eigenvalue weighted by molar-refractivity contribution is 0.174. The fraction of sp³-hybridized carbons (Fsp3) is 0.294. The molecule has 0 aliphatic carbocycles. The highest BCUT2D eigenvalue weighted by Gasteiger charge is 2.30. The molecule has 0 aromatic heterocycles. The third kappa shape index (κ3) is 2.44. The summed E-state index contributed by atoms with van der Waals surface area (Å²) in [5, 5.41) is 0. The number of nitrogens with zero attached hydrogens (tertiary/aromatic N) is 1. The van der Waals surface area contributed by atoms with Crippen molar-refractivity contribution >= 4 is 10.0 Å². The van der Waals surface area contributed by atoms with Crippen LogP contribution in [0.3, 0.4) is 0 Å². The van der Waals surface area contributed by atoms with E-state index in [1.54, 1.807) is 6.92 Å². The first-order valence-corrected chi connectivity index (χ1v) is 9.07. The summed E-state index contributed by atoms with van der Waals surface area (Å²) in [5.74, 6) is 0.940. The maximum Gasteiger partial charge on any atom is 0.243 e. The largest absolute Gasteiger partial charge is 0.454 e. The second kappa shape index (κ2) is 5.46. The Morgan fingerprint density at radius 1 is 1.08 bits per heavy atom. The lowest BCUT2D eigenvalue weighted by Crippen LogP contribution is -2.36. The Morgan fingerprint density at radius 2 is 1.79 bits per heavy atom. The van der Waals surface area contributed by atoms with Gasteiger partial charge in [-0.05, 0) is 60.4 Å². The van der Waals surface area contributed by atoms with Crippen molar-refractivity contribution in [3.63, 3.8) is 0 Å². The van der Waals surface area contributed by atoms with E-state index in [9.17, 15) is 12.8 Å². The van der Waals surface area contributed by atoms with E-state index < -0.39 is 15.8 Å². The quantitative estimate of drug-likeness (QED) is 0.836. The van der Waals surface area contributed by atoms with E-state index in [1.807, 2.05) is 12.1 Å². The zero-order valence-electron chi connectivity index (χ0n) is 13.1. The maximum atomic E-state index is 13.4. The summed E-state index contributed by atoms with van der Waals surface area (Å²) in [6.45, 7) is 2.39. The molecule has 24 heavy (non-hydrogen) atoms. The monoisotopic (exact) mass is 349 g/mol. The first-order chi connectivity index (χ1) is 11.4. The van der Waals surface area contributed by atoms with Gasteiger partial charge in [-0.2, -0.15) is 4.31 Å². The van der Waals surface area contributed by atoms with Crippen molar-refractivity contribution in [3.05, 3.63) is 52.8 Å². The standard InChI is InChI=1S/C17H16FNO4S/c1-11-6-14(2-3-15(11)18)24(20,21)19-5-4-12-7-16-17(23-10-22-16)8-13(12)9-19/h2-3,6-8H,4-5,9-10H2,1H3. The molecule has 0 amide bonds. The SMILES string of the molecule is Cc1cc(S(=O)(=O)N2CCc3cc4c(cc3C2)OCO4)ccc1F. The van der Waals surface area contributed by atoms with Crippen molar-refractivity contribution in [2.24, 2.45) is 0 Å². The van der Waals surface area contributed by atoms with Crippen molar-refractivity contribution < 1.29 is 22.3 Å². The number of hydrogen-bond acceptors (Lipinski definition) is 4. The molecule has 0 bridgehead atoms. The number of rotatable bonds is 2. The molecule has 2 aromatic carbocycles. The molecule has 7 heteroatoms. The van der Waals surface area contributed by atoms with Crippen LogP contribution in [0, 0.1) is 12.7 Å². The van der Waals surface area contributed by atoms with Crippen LogP contribution in [0.15, 0.2) is 35.2 Å². The van der Waals surface area contributed by atoms with Gasteiger partial charge in [0.25, 0.3) is 0 Å². The normalized spacial score (nSPS) is 16.9. The molecule has 0 unspecified atom stereocenters. The van der Waals surface area contributed by atoms with Crippen LogP contribution >= 0.6 is 0 Å². The van der Waals surface area contributed by atoms with Gasteiger partial charge < -0.3 is 9.47 Å². The highest BCUT2D eigenvalue weighted by molar-refractivity contribution is 7.89. The summed E-state index contributed by atoms with van der Waals surface area (Å²) in [6, 6.07) is 7.64. The Bertz CT molecular complexity index is 926. The summed E-state index contributed by atoms with van der Waals surface area (Å²) in [7, 11) is -3.66. The second-order valence-corrected chi connectivity index (χ2v) is 7.91. The average Bonchev–Trinajstić information content (AvgIpc) is 3.01. The Kier molecular flexibility index (Phi) is 3.51. The predicted octanol–water partition coefficient (Wildman–Crippen LogP) is 2.61. The number of hydrogen-bond donors (Lipinski definition) is 0. The first kappa shape index (κ1) is 15.4. The minimum atomic E-state index is -3.66. The zero-order chi connectivity index (χ0) is 16.9. The van der Waals surface area contributed by atoms with Crippen molar-refractivity contribution in [2.75, 3.05) is 13.3 Å². The first-order valence-electron chi connectivity index (χ1n) is 7.63. The Labute approximate surface area is 139 Å². The summed E-state index contributed by atoms with van der Waals surface area (Å²) in [6.07, 6.45) is 0.603. The van der Waals surface area contributed by atoms with E-state index in [4.69, 9.17) is 9.47 Å². The van der Waals surface area contributed by atoms with Gasteiger partial charge in [0.2, 0.25) is 16.8 Å². The molecule has 0 saturated carbocycles. The summed E-state index contributed by atoms with van der Waals surface area (Å²) in [5.41, 5.74) is 2.30. The van der Waals surface area contributed by atoms with Crippen LogP contribution in [0.25, 0.3) is 0 Å². The van der Waals surface area contributed by atoms with E-state index >= 15 is 0 Å². The van der Waals surface area contributed by atoms with Crippen LogP contribution < -0.4 is 9.47 Å². The molecule has 0 atom stereocenters. The lowest BCUT2D eigenvalue weighted by Gasteiger charge is -2.28. The predicted molar refractivity (Wildman–Crippen MR) is 85.0 cm³/mol. The van der Waals surface area contributed by atoms with Gasteiger partial charge in [0.05, 0.1) is 4.90 Å². The molecular formula is C17H16FNO4S. The maximum absolute atomic E-state index is 13.4. The molecule has 4 rings (SSSR count). The molecule has 0 spiro atoms. The van der Waals surface area contributed by atoms with Gasteiger partial charge in [-0.15, -0.1) is 0 Å². The molecule has 2 aliphatic heterocycles. The fourth-order valence-electron chi connectivity index (χ4n) is 3.05. The Hall–Kier alpha value is -2.12. The summed E-state index contributed by atoms with van der Waals surface area (Å²) < 4.78 is 51.3. The third-order valence-electron chi connectivity index (χ3n) is 4.44. The zero-order valence-corrected chi connectivity index (χ0v) is 13.9. The highest BCUT2D eigenvalue weighted by atomic mass is 32.2. The number of fused-ring (bicyclic) bond motifs is 2. The minimum absolute atomic E-state index is 0.116. The van der Waals surface area contributed by atoms with Crippen LogP contribution in [0.5, 0.6) is 11.5 Å². The molecule has 0 saturated heterocycles. The van der Waals surface area contributed by atoms with Crippen molar-refractivity contribution in [2.45, 2.75) is 24.8 Å². The highest BCUT2D eigenvalue weighted by Crippen LogP contribution is 2.37. The number of ether oxygens (including phenoxy) is 2. The van der Waals surface area contributed by atoms with Crippen LogP contribution in [0.2, 0.25) is 0 Å². The topological polar surface area (TPSA) is 55.8 Å². The van der Waals surface area contributed by atoms with E-state index in [0.717, 1.165) is 11.1 Å². The number of aryl methyl sites for hydroxylation is 1. The third-order valence-corrected chi connectivity index (χ3v) is 6.28. The molecule has 2 aliphatic rings. The number of sulfonamides is 1. The average molecular weight is 349 g/mol. The van der Waals surface area contributed by atoms with E-state index in [-0.39, 0.29) is 18.2 Å². The molecular weight excluding hydrogens is 333 g/mol. The van der Waals surface area contributed by atoms with Crippen LogP contribution in [-0.4, -0.2) is 26.1 Å². The molecule has 126 valence electrons. The van der Waals surface area contributed by atoms with Crippen LogP contribution in [-0.2, 0) is 23.0 Å². The van der Waals surface area contributed by atoms with Gasteiger partial charge in [0.15, 0.2) is 11.5 Å². The van der Waals surface area contributed by atoms with Crippen molar-refractivity contribution in [1.82, 2.24) is 4.31 Å². The Morgan fingerprint density at radius 3 is 2.50 bits per heavy atom. The molecule has 5 nitrogen and oxygen atoms in total. The van der Waals surface area contributed by atoms with Crippen LogP contribution in [0.4, 0.5) is 4.39 Å². The molecule has 2 heterocycles. The summed E-state index contributed by atoms with van der Waals surface area (Å²) >= 11 is 0. The van der Waals surface area contributed by atoms with Gasteiger partial charge in [-0.1, -0.05) is 0 Å².